The van der Waals surface area contributed by atoms with Crippen molar-refractivity contribution in [2.45, 2.75) is 13.5 Å². The van der Waals surface area contributed by atoms with E-state index in [-0.39, 0.29) is 0 Å². The summed E-state index contributed by atoms with van der Waals surface area (Å²) in [4.78, 5) is 0. The predicted molar refractivity (Wildman–Crippen MR) is 56.5 cm³/mol. The van der Waals surface area contributed by atoms with Crippen LogP contribution in [0.4, 0.5) is 0 Å². The van der Waals surface area contributed by atoms with Gasteiger partial charge in [0.05, 0.1) is 5.56 Å². The molecule has 0 heterocycles. The lowest BCUT2D eigenvalue weighted by Crippen LogP contribution is -2.01. The van der Waals surface area contributed by atoms with Crippen molar-refractivity contribution in [2.24, 2.45) is 5.73 Å². The quantitative estimate of drug-likeness (QED) is 0.794. The van der Waals surface area contributed by atoms with Crippen LogP contribution in [-0.2, 0) is 6.54 Å². The van der Waals surface area contributed by atoms with Gasteiger partial charge in [0, 0.05) is 10.1 Å². The molecule has 1 aromatic carbocycles. The molecule has 2 nitrogen and oxygen atoms in total. The summed E-state index contributed by atoms with van der Waals surface area (Å²) >= 11 is 2.16. The minimum absolute atomic E-state index is 0.431. The minimum atomic E-state index is 0.431. The predicted octanol–water partition coefficient (Wildman–Crippen LogP) is 1.93. The fourth-order valence-electron chi connectivity index (χ4n) is 1.10. The third kappa shape index (κ3) is 1.76. The molecule has 1 rings (SSSR count). The second kappa shape index (κ2) is 3.87. The number of benzene rings is 1. The third-order valence-corrected chi connectivity index (χ3v) is 2.50. The van der Waals surface area contributed by atoms with Crippen molar-refractivity contribution in [3.8, 4) is 6.07 Å². The van der Waals surface area contributed by atoms with Crippen LogP contribution in [0.1, 0.15) is 16.7 Å². The third-order valence-electron chi connectivity index (χ3n) is 1.65. The number of nitriles is 1. The topological polar surface area (TPSA) is 49.8 Å². The highest BCUT2D eigenvalue weighted by atomic mass is 127. The number of rotatable bonds is 1. The first kappa shape index (κ1) is 9.49. The van der Waals surface area contributed by atoms with Crippen LogP contribution in [0.25, 0.3) is 0 Å². The molecule has 0 aliphatic heterocycles. The summed E-state index contributed by atoms with van der Waals surface area (Å²) in [6.45, 7) is 2.43. The van der Waals surface area contributed by atoms with E-state index in [2.05, 4.69) is 28.7 Å². The Bertz CT molecular complexity index is 339. The standard InChI is InChI=1S/C9H9IN2/c1-6-2-7(4-11)8(5-12)9(10)3-6/h2-3H,4,11H2,1H3. The van der Waals surface area contributed by atoms with Crippen molar-refractivity contribution in [3.63, 3.8) is 0 Å². The minimum Gasteiger partial charge on any atom is -0.326 e. The largest absolute Gasteiger partial charge is 0.326 e. The Morgan fingerprint density at radius 2 is 2.25 bits per heavy atom. The Hall–Kier alpha value is -0.600. The van der Waals surface area contributed by atoms with Crippen LogP contribution >= 0.6 is 22.6 Å². The summed E-state index contributed by atoms with van der Waals surface area (Å²) in [5.41, 5.74) is 8.31. The SMILES string of the molecule is Cc1cc(I)c(C#N)c(CN)c1. The molecule has 3 heteroatoms. The molecule has 12 heavy (non-hydrogen) atoms. The number of nitrogens with zero attached hydrogens (tertiary/aromatic N) is 1. The van der Waals surface area contributed by atoms with E-state index in [4.69, 9.17) is 11.0 Å². The van der Waals surface area contributed by atoms with E-state index < -0.39 is 0 Å². The lowest BCUT2D eigenvalue weighted by Gasteiger charge is -2.04. The van der Waals surface area contributed by atoms with Crippen LogP contribution in [0.2, 0.25) is 0 Å². The Morgan fingerprint density at radius 3 is 2.75 bits per heavy atom. The van der Waals surface area contributed by atoms with E-state index in [1.165, 1.54) is 0 Å². The smallest absolute Gasteiger partial charge is 0.101 e. The van der Waals surface area contributed by atoms with E-state index in [9.17, 15) is 0 Å². The first-order valence-corrected chi connectivity index (χ1v) is 4.66. The van der Waals surface area contributed by atoms with Crippen LogP contribution in [0.3, 0.4) is 0 Å². The molecule has 0 atom stereocenters. The van der Waals surface area contributed by atoms with Gasteiger partial charge in [0.15, 0.2) is 0 Å². The van der Waals surface area contributed by atoms with Crippen molar-refractivity contribution in [1.29, 1.82) is 5.26 Å². The van der Waals surface area contributed by atoms with Gasteiger partial charge in [-0.05, 0) is 46.7 Å². The molecule has 62 valence electrons. The van der Waals surface area contributed by atoms with Crippen LogP contribution in [0.15, 0.2) is 12.1 Å². The van der Waals surface area contributed by atoms with Crippen molar-refractivity contribution < 1.29 is 0 Å². The van der Waals surface area contributed by atoms with E-state index in [0.717, 1.165) is 14.7 Å². The Kier molecular flexibility index (Phi) is 3.06. The van der Waals surface area contributed by atoms with Crippen molar-refractivity contribution in [1.82, 2.24) is 0 Å². The van der Waals surface area contributed by atoms with Gasteiger partial charge < -0.3 is 5.73 Å². The fourth-order valence-corrected chi connectivity index (χ4v) is 2.06. The zero-order valence-corrected chi connectivity index (χ0v) is 8.92. The summed E-state index contributed by atoms with van der Waals surface area (Å²) < 4.78 is 0.982. The highest BCUT2D eigenvalue weighted by molar-refractivity contribution is 14.1. The second-order valence-electron chi connectivity index (χ2n) is 2.60. The molecule has 0 saturated carbocycles. The van der Waals surface area contributed by atoms with E-state index in [1.807, 2.05) is 19.1 Å². The molecule has 0 unspecified atom stereocenters. The Labute approximate surface area is 85.5 Å². The lowest BCUT2D eigenvalue weighted by molar-refractivity contribution is 1.05. The van der Waals surface area contributed by atoms with Gasteiger partial charge in [-0.15, -0.1) is 0 Å². The van der Waals surface area contributed by atoms with E-state index in [0.29, 0.717) is 12.1 Å². The molecule has 0 aromatic heterocycles. The number of aryl methyl sites for hydroxylation is 1. The normalized spacial score (nSPS) is 9.50. The van der Waals surface area contributed by atoms with Gasteiger partial charge in [-0.25, -0.2) is 0 Å². The summed E-state index contributed by atoms with van der Waals surface area (Å²) in [6, 6.07) is 6.10. The van der Waals surface area contributed by atoms with Crippen LogP contribution < -0.4 is 5.73 Å². The highest BCUT2D eigenvalue weighted by Gasteiger charge is 2.05. The first-order valence-electron chi connectivity index (χ1n) is 3.58. The molecule has 0 amide bonds. The zero-order valence-electron chi connectivity index (χ0n) is 6.76. The summed E-state index contributed by atoms with van der Waals surface area (Å²) in [7, 11) is 0. The monoisotopic (exact) mass is 272 g/mol. The first-order chi connectivity index (χ1) is 5.69. The summed E-state index contributed by atoms with van der Waals surface area (Å²) in [5.74, 6) is 0. The molecule has 0 aliphatic rings. The van der Waals surface area contributed by atoms with Crippen molar-refractivity contribution in [3.05, 3.63) is 32.4 Å². The average Bonchev–Trinajstić information content (AvgIpc) is 2.03. The molecule has 0 bridgehead atoms. The average molecular weight is 272 g/mol. The molecule has 1 aromatic rings. The fraction of sp³-hybridized carbons (Fsp3) is 0.222. The second-order valence-corrected chi connectivity index (χ2v) is 3.76. The highest BCUT2D eigenvalue weighted by Crippen LogP contribution is 2.18. The molecule has 0 aliphatic carbocycles. The van der Waals surface area contributed by atoms with E-state index >= 15 is 0 Å². The zero-order chi connectivity index (χ0) is 9.14. The van der Waals surface area contributed by atoms with Gasteiger partial charge in [-0.1, -0.05) is 6.07 Å². The van der Waals surface area contributed by atoms with Gasteiger partial charge in [-0.2, -0.15) is 5.26 Å². The molecule has 2 N–H and O–H groups in total. The molecule has 0 fully saturated rings. The number of hydrogen-bond donors (Lipinski definition) is 1. The molecular weight excluding hydrogens is 263 g/mol. The Morgan fingerprint density at radius 1 is 1.58 bits per heavy atom. The maximum atomic E-state index is 8.81. The molecular formula is C9H9IN2. The number of nitrogens with two attached hydrogens (primary N) is 1. The Balaban J connectivity index is 3.36. The maximum Gasteiger partial charge on any atom is 0.101 e. The van der Waals surface area contributed by atoms with Crippen LogP contribution in [0, 0.1) is 21.8 Å². The van der Waals surface area contributed by atoms with Crippen molar-refractivity contribution >= 4 is 22.6 Å². The molecule has 0 spiro atoms. The molecule has 0 saturated heterocycles. The van der Waals surface area contributed by atoms with Crippen LogP contribution in [0.5, 0.6) is 0 Å². The van der Waals surface area contributed by atoms with Crippen molar-refractivity contribution in [2.75, 3.05) is 0 Å². The van der Waals surface area contributed by atoms with Gasteiger partial charge in [0.1, 0.15) is 6.07 Å². The van der Waals surface area contributed by atoms with Gasteiger partial charge >= 0.3 is 0 Å². The summed E-state index contributed by atoms with van der Waals surface area (Å²) in [6.07, 6.45) is 0. The van der Waals surface area contributed by atoms with Crippen LogP contribution in [-0.4, -0.2) is 0 Å². The maximum absolute atomic E-state index is 8.81. The number of halogens is 1. The summed E-state index contributed by atoms with van der Waals surface area (Å²) in [5, 5.41) is 8.81. The number of hydrogen-bond acceptors (Lipinski definition) is 2. The molecule has 0 radical (unpaired) electrons. The lowest BCUT2D eigenvalue weighted by atomic mass is 10.1. The van der Waals surface area contributed by atoms with Gasteiger partial charge in [0.2, 0.25) is 0 Å². The van der Waals surface area contributed by atoms with Gasteiger partial charge in [0.25, 0.3) is 0 Å². The van der Waals surface area contributed by atoms with Gasteiger partial charge in [-0.3, -0.25) is 0 Å². The van der Waals surface area contributed by atoms with E-state index in [1.54, 1.807) is 0 Å².